The summed E-state index contributed by atoms with van der Waals surface area (Å²) >= 11 is 0. The lowest BCUT2D eigenvalue weighted by atomic mass is 10.2. The number of anilines is 1. The topological polar surface area (TPSA) is 73.6 Å². The van der Waals surface area contributed by atoms with Crippen molar-refractivity contribution in [2.75, 3.05) is 25.6 Å². The summed E-state index contributed by atoms with van der Waals surface area (Å²) < 4.78 is 10.9. The number of methoxy groups -OCH3 is 1. The van der Waals surface area contributed by atoms with Crippen LogP contribution in [0.25, 0.3) is 0 Å². The van der Waals surface area contributed by atoms with E-state index in [0.717, 1.165) is 12.4 Å². The van der Waals surface area contributed by atoms with Crippen LogP contribution in [0.3, 0.4) is 0 Å². The fourth-order valence-electron chi connectivity index (χ4n) is 1.86. The molecule has 1 saturated carbocycles. The van der Waals surface area contributed by atoms with Crippen molar-refractivity contribution in [2.24, 2.45) is 11.7 Å². The van der Waals surface area contributed by atoms with E-state index in [-0.39, 0.29) is 18.4 Å². The summed E-state index contributed by atoms with van der Waals surface area (Å²) in [6.07, 6.45) is 2.46. The maximum absolute atomic E-state index is 11.9. The van der Waals surface area contributed by atoms with Crippen LogP contribution in [0.15, 0.2) is 24.3 Å². The molecule has 1 fully saturated rings. The molecule has 1 atom stereocenters. The molecule has 1 unspecified atom stereocenters. The molecule has 5 nitrogen and oxygen atoms in total. The van der Waals surface area contributed by atoms with E-state index < -0.39 is 0 Å². The van der Waals surface area contributed by atoms with Gasteiger partial charge in [0.25, 0.3) is 0 Å². The van der Waals surface area contributed by atoms with Gasteiger partial charge in [-0.3, -0.25) is 4.79 Å². The number of para-hydroxylation sites is 2. The largest absolute Gasteiger partial charge is 0.491 e. The van der Waals surface area contributed by atoms with Crippen molar-refractivity contribution in [1.29, 1.82) is 0 Å². The number of nitrogens with one attached hydrogen (secondary N) is 1. The van der Waals surface area contributed by atoms with Crippen LogP contribution >= 0.6 is 0 Å². The summed E-state index contributed by atoms with van der Waals surface area (Å²) in [6.45, 7) is 1.04. The summed E-state index contributed by atoms with van der Waals surface area (Å²) in [4.78, 5) is 11.9. The monoisotopic (exact) mass is 278 g/mol. The van der Waals surface area contributed by atoms with E-state index in [1.54, 1.807) is 7.11 Å². The van der Waals surface area contributed by atoms with Crippen LogP contribution in [0.5, 0.6) is 5.75 Å². The average molecular weight is 278 g/mol. The van der Waals surface area contributed by atoms with E-state index in [9.17, 15) is 4.79 Å². The molecule has 0 aliphatic heterocycles. The molecule has 110 valence electrons. The van der Waals surface area contributed by atoms with E-state index in [4.69, 9.17) is 15.2 Å². The Balaban J connectivity index is 1.91. The zero-order valence-electron chi connectivity index (χ0n) is 11.8. The first-order chi connectivity index (χ1) is 9.72. The van der Waals surface area contributed by atoms with E-state index in [0.29, 0.717) is 18.2 Å². The fraction of sp³-hybridized carbons (Fsp3) is 0.533. The number of carbonyl (C=O) groups is 1. The maximum atomic E-state index is 11.9. The van der Waals surface area contributed by atoms with Gasteiger partial charge in [0.1, 0.15) is 5.75 Å². The summed E-state index contributed by atoms with van der Waals surface area (Å²) in [5.41, 5.74) is 6.21. The summed E-state index contributed by atoms with van der Waals surface area (Å²) in [5, 5.41) is 2.85. The Kier molecular flexibility index (Phi) is 5.38. The van der Waals surface area contributed by atoms with Crippen molar-refractivity contribution in [2.45, 2.75) is 25.4 Å². The van der Waals surface area contributed by atoms with Crippen LogP contribution in [0.4, 0.5) is 5.69 Å². The van der Waals surface area contributed by atoms with Crippen molar-refractivity contribution < 1.29 is 14.3 Å². The van der Waals surface area contributed by atoms with E-state index in [1.165, 1.54) is 12.8 Å². The minimum Gasteiger partial charge on any atom is -0.491 e. The normalized spacial score (nSPS) is 15.7. The summed E-state index contributed by atoms with van der Waals surface area (Å²) in [6, 6.07) is 7.48. The lowest BCUT2D eigenvalue weighted by molar-refractivity contribution is -0.118. The first-order valence-electron chi connectivity index (χ1n) is 6.97. The van der Waals surface area contributed by atoms with Gasteiger partial charge < -0.3 is 20.5 Å². The second-order valence-corrected chi connectivity index (χ2v) is 5.10. The molecule has 0 saturated heterocycles. The molecule has 1 aromatic rings. The summed E-state index contributed by atoms with van der Waals surface area (Å²) in [5.74, 6) is 1.27. The Morgan fingerprint density at radius 3 is 2.85 bits per heavy atom. The van der Waals surface area contributed by atoms with Gasteiger partial charge in [0.05, 0.1) is 24.8 Å². The minimum absolute atomic E-state index is 0.121. The molecular formula is C15H22N2O3. The van der Waals surface area contributed by atoms with Crippen molar-refractivity contribution in [3.05, 3.63) is 24.3 Å². The second kappa shape index (κ2) is 7.26. The molecule has 1 aromatic carbocycles. The molecule has 0 aromatic heterocycles. The predicted molar refractivity (Wildman–Crippen MR) is 77.8 cm³/mol. The first-order valence-corrected chi connectivity index (χ1v) is 6.97. The van der Waals surface area contributed by atoms with Gasteiger partial charge >= 0.3 is 0 Å². The Hall–Kier alpha value is -1.59. The Labute approximate surface area is 119 Å². The Bertz CT molecular complexity index is 442. The molecule has 0 radical (unpaired) electrons. The number of rotatable bonds is 8. The number of ether oxygens (including phenoxy) is 2. The molecule has 0 spiro atoms. The third-order valence-corrected chi connectivity index (χ3v) is 3.34. The predicted octanol–water partition coefficient (Wildman–Crippen LogP) is 1.78. The van der Waals surface area contributed by atoms with Gasteiger partial charge in [-0.1, -0.05) is 12.1 Å². The highest BCUT2D eigenvalue weighted by Gasteiger charge is 2.22. The number of nitrogens with two attached hydrogens (primary N) is 1. The van der Waals surface area contributed by atoms with Crippen LogP contribution in [-0.4, -0.2) is 32.3 Å². The molecular weight excluding hydrogens is 256 g/mol. The minimum atomic E-state index is -0.255. The molecule has 1 aliphatic carbocycles. The fourth-order valence-corrected chi connectivity index (χ4v) is 1.86. The van der Waals surface area contributed by atoms with Crippen LogP contribution < -0.4 is 15.8 Å². The van der Waals surface area contributed by atoms with E-state index >= 15 is 0 Å². The molecule has 0 bridgehead atoms. The van der Waals surface area contributed by atoms with Crippen LogP contribution in [0.1, 0.15) is 19.3 Å². The second-order valence-electron chi connectivity index (χ2n) is 5.10. The zero-order valence-corrected chi connectivity index (χ0v) is 11.8. The zero-order chi connectivity index (χ0) is 14.4. The highest BCUT2D eigenvalue weighted by Crippen LogP contribution is 2.31. The van der Waals surface area contributed by atoms with Crippen molar-refractivity contribution in [3.63, 3.8) is 0 Å². The third kappa shape index (κ3) is 4.51. The van der Waals surface area contributed by atoms with Crippen molar-refractivity contribution in [1.82, 2.24) is 0 Å². The smallest absolute Gasteiger partial charge is 0.227 e. The van der Waals surface area contributed by atoms with Gasteiger partial charge in [0.15, 0.2) is 0 Å². The van der Waals surface area contributed by atoms with E-state index in [1.807, 2.05) is 24.3 Å². The lowest BCUT2D eigenvalue weighted by Gasteiger charge is -2.15. The molecule has 1 aliphatic rings. The first kappa shape index (κ1) is 14.8. The van der Waals surface area contributed by atoms with Crippen molar-refractivity contribution in [3.8, 4) is 5.75 Å². The highest BCUT2D eigenvalue weighted by atomic mass is 16.5. The van der Waals surface area contributed by atoms with Crippen molar-refractivity contribution >= 4 is 11.6 Å². The van der Waals surface area contributed by atoms with Crippen LogP contribution in [0.2, 0.25) is 0 Å². The molecule has 20 heavy (non-hydrogen) atoms. The standard InChI is InChI=1S/C15H22N2O3/c1-19-12(9-16)8-15(18)17-13-4-2-3-5-14(13)20-10-11-6-7-11/h2-5,11-12H,6-10,16H2,1H3,(H,17,18). The van der Waals surface area contributed by atoms with E-state index in [2.05, 4.69) is 5.32 Å². The SMILES string of the molecule is COC(CN)CC(=O)Nc1ccccc1OCC1CC1. The Morgan fingerprint density at radius 1 is 1.45 bits per heavy atom. The van der Waals surface area contributed by atoms with Gasteiger partial charge in [0, 0.05) is 13.7 Å². The number of amides is 1. The molecule has 1 amide bonds. The van der Waals surface area contributed by atoms with Crippen LogP contribution in [-0.2, 0) is 9.53 Å². The number of hydrogen-bond acceptors (Lipinski definition) is 4. The van der Waals surface area contributed by atoms with Gasteiger partial charge in [-0.2, -0.15) is 0 Å². The molecule has 0 heterocycles. The quantitative estimate of drug-likeness (QED) is 0.760. The molecule has 3 N–H and O–H groups in total. The third-order valence-electron chi connectivity index (χ3n) is 3.34. The van der Waals surface area contributed by atoms with Crippen LogP contribution in [0, 0.1) is 5.92 Å². The maximum Gasteiger partial charge on any atom is 0.227 e. The number of benzene rings is 1. The highest BCUT2D eigenvalue weighted by molar-refractivity contribution is 5.92. The van der Waals surface area contributed by atoms with Gasteiger partial charge in [-0.05, 0) is 30.9 Å². The molecule has 2 rings (SSSR count). The summed E-state index contributed by atoms with van der Waals surface area (Å²) in [7, 11) is 1.55. The lowest BCUT2D eigenvalue weighted by Crippen LogP contribution is -2.28. The van der Waals surface area contributed by atoms with Gasteiger partial charge in [-0.25, -0.2) is 0 Å². The number of carbonyl (C=O) groups excluding carboxylic acids is 1. The van der Waals surface area contributed by atoms with Gasteiger partial charge in [0.2, 0.25) is 5.91 Å². The van der Waals surface area contributed by atoms with Gasteiger partial charge in [-0.15, -0.1) is 0 Å². The Morgan fingerprint density at radius 2 is 2.20 bits per heavy atom. The molecule has 5 heteroatoms. The number of hydrogen-bond donors (Lipinski definition) is 2. The average Bonchev–Trinajstić information content (AvgIpc) is 3.28.